The molecule has 0 amide bonds. The van der Waals surface area contributed by atoms with Crippen LogP contribution in [0.5, 0.6) is 0 Å². The summed E-state index contributed by atoms with van der Waals surface area (Å²) in [4.78, 5) is 0. The quantitative estimate of drug-likeness (QED) is 0.629. The largest absolute Gasteiger partial charge is 0.366 e. The standard InChI is InChI=1S/C20H24N6/c1-3-7-17-15(5-1)9-11-23-25-19(17)21-13-14-22-20-18-8-4-2-6-16(18)10-12-24-26-20/h1-8,23-24H,9-14H2,(H,21,25)(H,22,26). The monoisotopic (exact) mass is 348 g/mol. The first-order valence-corrected chi connectivity index (χ1v) is 9.17. The molecule has 0 saturated heterocycles. The highest BCUT2D eigenvalue weighted by Crippen LogP contribution is 2.12. The van der Waals surface area contributed by atoms with Gasteiger partial charge >= 0.3 is 0 Å². The second kappa shape index (κ2) is 7.91. The molecule has 0 saturated carbocycles. The van der Waals surface area contributed by atoms with Gasteiger partial charge in [-0.25, -0.2) is 0 Å². The lowest BCUT2D eigenvalue weighted by molar-refractivity contribution is 0.724. The summed E-state index contributed by atoms with van der Waals surface area (Å²) >= 11 is 0. The molecule has 2 aliphatic rings. The molecule has 2 aromatic rings. The minimum Gasteiger partial charge on any atom is -0.366 e. The zero-order valence-corrected chi connectivity index (χ0v) is 14.8. The number of benzene rings is 2. The summed E-state index contributed by atoms with van der Waals surface area (Å²) in [7, 11) is 0. The molecule has 0 fully saturated rings. The molecule has 26 heavy (non-hydrogen) atoms. The fourth-order valence-electron chi connectivity index (χ4n) is 3.34. The number of fused-ring (bicyclic) bond motifs is 2. The normalized spacial score (nSPS) is 15.7. The first-order chi connectivity index (χ1) is 12.9. The second-order valence-corrected chi connectivity index (χ2v) is 6.40. The van der Waals surface area contributed by atoms with Gasteiger partial charge in [-0.1, -0.05) is 48.5 Å². The van der Waals surface area contributed by atoms with Crippen LogP contribution in [0.15, 0.2) is 58.7 Å². The van der Waals surface area contributed by atoms with Crippen LogP contribution in [0.2, 0.25) is 0 Å². The molecule has 6 nitrogen and oxygen atoms in total. The maximum atomic E-state index is 4.48. The Morgan fingerprint density at radius 3 is 1.65 bits per heavy atom. The summed E-state index contributed by atoms with van der Waals surface area (Å²) < 4.78 is 0. The lowest BCUT2D eigenvalue weighted by Crippen LogP contribution is -2.36. The minimum absolute atomic E-state index is 0.760. The van der Waals surface area contributed by atoms with Crippen LogP contribution in [-0.2, 0) is 12.8 Å². The smallest absolute Gasteiger partial charge is 0.153 e. The summed E-state index contributed by atoms with van der Waals surface area (Å²) in [5, 5.41) is 15.9. The van der Waals surface area contributed by atoms with Crippen molar-refractivity contribution in [3.8, 4) is 0 Å². The fraction of sp³-hybridized carbons (Fsp3) is 0.300. The van der Waals surface area contributed by atoms with E-state index >= 15 is 0 Å². The Bertz CT molecular complexity index is 757. The van der Waals surface area contributed by atoms with Crippen LogP contribution >= 0.6 is 0 Å². The number of nitrogens with one attached hydrogen (secondary N) is 4. The molecule has 2 aromatic carbocycles. The average Bonchev–Trinajstić information content (AvgIpc) is 3.02. The average molecular weight is 348 g/mol. The summed E-state index contributed by atoms with van der Waals surface area (Å²) in [6, 6.07) is 16.9. The molecule has 0 aromatic heterocycles. The van der Waals surface area contributed by atoms with Gasteiger partial charge < -0.3 is 21.5 Å². The van der Waals surface area contributed by atoms with E-state index in [1.165, 1.54) is 22.3 Å². The maximum absolute atomic E-state index is 4.48. The number of amidine groups is 2. The third kappa shape index (κ3) is 3.64. The van der Waals surface area contributed by atoms with E-state index in [-0.39, 0.29) is 0 Å². The van der Waals surface area contributed by atoms with Crippen molar-refractivity contribution in [1.82, 2.24) is 21.5 Å². The van der Waals surface area contributed by atoms with Gasteiger partial charge in [0, 0.05) is 37.3 Å². The van der Waals surface area contributed by atoms with Gasteiger partial charge in [0.15, 0.2) is 11.7 Å². The van der Waals surface area contributed by atoms with Crippen molar-refractivity contribution in [2.75, 3.05) is 26.2 Å². The predicted molar refractivity (Wildman–Crippen MR) is 105 cm³/mol. The van der Waals surface area contributed by atoms with Crippen LogP contribution < -0.4 is 21.5 Å². The van der Waals surface area contributed by atoms with E-state index in [2.05, 4.69) is 80.2 Å². The topological polar surface area (TPSA) is 72.8 Å². The first-order valence-electron chi connectivity index (χ1n) is 9.17. The van der Waals surface area contributed by atoms with Crippen molar-refractivity contribution >= 4 is 11.7 Å². The molecule has 6 heteroatoms. The Morgan fingerprint density at radius 1 is 0.692 bits per heavy atom. The number of hydrazone groups is 2. The van der Waals surface area contributed by atoms with Crippen LogP contribution in [-0.4, -0.2) is 37.9 Å². The van der Waals surface area contributed by atoms with Crippen molar-refractivity contribution in [1.29, 1.82) is 0 Å². The highest BCUT2D eigenvalue weighted by molar-refractivity contribution is 6.01. The number of hydrogen-bond acceptors (Lipinski definition) is 6. The molecule has 0 unspecified atom stereocenters. The van der Waals surface area contributed by atoms with Gasteiger partial charge in [-0.15, -0.1) is 0 Å². The van der Waals surface area contributed by atoms with Gasteiger partial charge in [0.1, 0.15) is 0 Å². The molecule has 0 bridgehead atoms. The van der Waals surface area contributed by atoms with Crippen molar-refractivity contribution in [2.24, 2.45) is 10.2 Å². The molecule has 2 heterocycles. The highest BCUT2D eigenvalue weighted by Gasteiger charge is 2.13. The highest BCUT2D eigenvalue weighted by atomic mass is 15.3. The van der Waals surface area contributed by atoms with Gasteiger partial charge in [-0.05, 0) is 24.0 Å². The lowest BCUT2D eigenvalue weighted by Gasteiger charge is -2.14. The van der Waals surface area contributed by atoms with Crippen LogP contribution in [0.25, 0.3) is 0 Å². The first kappa shape index (κ1) is 16.4. The Kier molecular flexibility index (Phi) is 5.00. The van der Waals surface area contributed by atoms with E-state index in [1.807, 2.05) is 0 Å². The van der Waals surface area contributed by atoms with E-state index in [9.17, 15) is 0 Å². The molecule has 0 radical (unpaired) electrons. The SMILES string of the molecule is c1ccc2c(c1)CCNN=C2NCCNC1=NNCCc2ccccc21. The van der Waals surface area contributed by atoms with E-state index in [0.29, 0.717) is 0 Å². The van der Waals surface area contributed by atoms with E-state index < -0.39 is 0 Å². The third-order valence-corrected chi connectivity index (χ3v) is 4.65. The van der Waals surface area contributed by atoms with Crippen LogP contribution in [0.4, 0.5) is 0 Å². The molecule has 134 valence electrons. The fourth-order valence-corrected chi connectivity index (χ4v) is 3.34. The summed E-state index contributed by atoms with van der Waals surface area (Å²) in [5.41, 5.74) is 11.3. The molecular formula is C20H24N6. The zero-order valence-electron chi connectivity index (χ0n) is 14.8. The Hall–Kier alpha value is -3.02. The molecular weight excluding hydrogens is 324 g/mol. The van der Waals surface area contributed by atoms with Crippen LogP contribution in [0.1, 0.15) is 22.3 Å². The minimum atomic E-state index is 0.760. The van der Waals surface area contributed by atoms with Crippen molar-refractivity contribution in [3.63, 3.8) is 0 Å². The Balaban J connectivity index is 1.38. The van der Waals surface area contributed by atoms with Gasteiger partial charge in [-0.2, -0.15) is 10.2 Å². The van der Waals surface area contributed by atoms with E-state index in [4.69, 9.17) is 0 Å². The number of nitrogens with zero attached hydrogens (tertiary/aromatic N) is 2. The van der Waals surface area contributed by atoms with Crippen molar-refractivity contribution in [2.45, 2.75) is 12.8 Å². The Morgan fingerprint density at radius 2 is 1.15 bits per heavy atom. The lowest BCUT2D eigenvalue weighted by atomic mass is 10.0. The molecule has 2 aliphatic heterocycles. The second-order valence-electron chi connectivity index (χ2n) is 6.40. The summed E-state index contributed by atoms with van der Waals surface area (Å²) in [6.07, 6.45) is 1.98. The van der Waals surface area contributed by atoms with Crippen LogP contribution in [0.3, 0.4) is 0 Å². The predicted octanol–water partition coefficient (Wildman–Crippen LogP) is 1.18. The molecule has 4 rings (SSSR count). The van der Waals surface area contributed by atoms with Gasteiger partial charge in [0.2, 0.25) is 0 Å². The zero-order chi connectivity index (χ0) is 17.6. The molecule has 0 atom stereocenters. The summed E-state index contributed by atoms with van der Waals surface area (Å²) in [6.45, 7) is 3.24. The molecule has 4 N–H and O–H groups in total. The van der Waals surface area contributed by atoms with Crippen molar-refractivity contribution in [3.05, 3.63) is 70.8 Å². The van der Waals surface area contributed by atoms with E-state index in [1.54, 1.807) is 0 Å². The van der Waals surface area contributed by atoms with Crippen LogP contribution in [0, 0.1) is 0 Å². The van der Waals surface area contributed by atoms with Gasteiger partial charge in [0.05, 0.1) is 0 Å². The van der Waals surface area contributed by atoms with Gasteiger partial charge in [0.25, 0.3) is 0 Å². The number of hydrogen-bond donors (Lipinski definition) is 4. The third-order valence-electron chi connectivity index (χ3n) is 4.65. The summed E-state index contributed by atoms with van der Waals surface area (Å²) in [5.74, 6) is 1.81. The molecule has 0 spiro atoms. The number of rotatable bonds is 3. The molecule has 0 aliphatic carbocycles. The maximum Gasteiger partial charge on any atom is 0.153 e. The van der Waals surface area contributed by atoms with Crippen molar-refractivity contribution < 1.29 is 0 Å². The van der Waals surface area contributed by atoms with E-state index in [0.717, 1.165) is 50.7 Å². The van der Waals surface area contributed by atoms with Gasteiger partial charge in [-0.3, -0.25) is 0 Å². The Labute approximate surface area is 153 Å².